The summed E-state index contributed by atoms with van der Waals surface area (Å²) in [5.41, 5.74) is 0.265. The fraction of sp³-hybridized carbons (Fsp3) is 0.571. The van der Waals surface area contributed by atoms with E-state index in [1.807, 2.05) is 0 Å². The third-order valence-corrected chi connectivity index (χ3v) is 5.50. The molecule has 0 fully saturated rings. The molecular weight excluding hydrogens is 294 g/mol. The van der Waals surface area contributed by atoms with E-state index in [1.54, 1.807) is 30.9 Å². The molecule has 4 nitrogen and oxygen atoms in total. The fourth-order valence-electron chi connectivity index (χ4n) is 1.93. The molecule has 1 aromatic rings. The van der Waals surface area contributed by atoms with E-state index < -0.39 is 0 Å². The molecule has 0 aliphatic carbocycles. The molecule has 0 aliphatic heterocycles. The van der Waals surface area contributed by atoms with E-state index in [0.717, 1.165) is 12.8 Å². The van der Waals surface area contributed by atoms with Crippen LogP contribution >= 0.6 is 23.4 Å². The van der Waals surface area contributed by atoms with E-state index in [2.05, 4.69) is 35.7 Å². The number of rotatable bonds is 7. The Hall–Kier alpha value is -0.940. The average Bonchev–Trinajstić information content (AvgIpc) is 2.49. The van der Waals surface area contributed by atoms with Gasteiger partial charge in [0.1, 0.15) is 11.5 Å². The van der Waals surface area contributed by atoms with Crippen molar-refractivity contribution < 1.29 is 4.79 Å². The summed E-state index contributed by atoms with van der Waals surface area (Å²) < 4.78 is 0.0722. The third kappa shape index (κ3) is 4.03. The van der Waals surface area contributed by atoms with Gasteiger partial charge in [-0.2, -0.15) is 11.8 Å². The van der Waals surface area contributed by atoms with Crippen molar-refractivity contribution in [2.24, 2.45) is 0 Å². The van der Waals surface area contributed by atoms with Gasteiger partial charge in [-0.05, 0) is 31.2 Å². The van der Waals surface area contributed by atoms with Gasteiger partial charge in [0.2, 0.25) is 0 Å². The summed E-state index contributed by atoms with van der Waals surface area (Å²) in [5.74, 6) is 0.397. The molecule has 0 bridgehead atoms. The second-order valence-corrected chi connectivity index (χ2v) is 6.24. The Balaban J connectivity index is 2.81. The molecule has 0 aromatic carbocycles. The van der Waals surface area contributed by atoms with Crippen LogP contribution in [0.1, 0.15) is 37.2 Å². The second-order valence-electron chi connectivity index (χ2n) is 4.55. The first-order valence-electron chi connectivity index (χ1n) is 6.69. The quantitative estimate of drug-likeness (QED) is 0.809. The van der Waals surface area contributed by atoms with Gasteiger partial charge >= 0.3 is 0 Å². The zero-order chi connectivity index (χ0) is 15.2. The molecule has 0 aliphatic rings. The number of anilines is 1. The predicted molar refractivity (Wildman–Crippen MR) is 88.0 cm³/mol. The van der Waals surface area contributed by atoms with Crippen LogP contribution in [0.4, 0.5) is 5.82 Å². The number of aromatic nitrogens is 1. The molecule has 0 saturated carbocycles. The summed E-state index contributed by atoms with van der Waals surface area (Å²) in [4.78, 5) is 16.4. The van der Waals surface area contributed by atoms with Crippen LogP contribution in [-0.4, -0.2) is 35.5 Å². The standard InChI is InChI=1S/C14H22ClN3OS/c1-5-14(6-2,20-4)9-17-13(19)12-10(15)7-8-11(16-3)18-12/h7-8H,5-6,9H2,1-4H3,(H,16,18)(H,17,19). The molecule has 1 aromatic heterocycles. The van der Waals surface area contributed by atoms with Gasteiger partial charge in [0.05, 0.1) is 5.02 Å². The minimum Gasteiger partial charge on any atom is -0.373 e. The van der Waals surface area contributed by atoms with Gasteiger partial charge in [-0.1, -0.05) is 25.4 Å². The molecule has 1 heterocycles. The first-order valence-corrected chi connectivity index (χ1v) is 8.29. The molecule has 6 heteroatoms. The van der Waals surface area contributed by atoms with E-state index in [4.69, 9.17) is 11.6 Å². The van der Waals surface area contributed by atoms with Crippen LogP contribution in [0.15, 0.2) is 12.1 Å². The molecular formula is C14H22ClN3OS. The van der Waals surface area contributed by atoms with Gasteiger partial charge in [-0.3, -0.25) is 4.79 Å². The maximum atomic E-state index is 12.2. The Morgan fingerprint density at radius 3 is 2.55 bits per heavy atom. The normalized spacial score (nSPS) is 11.2. The molecule has 0 unspecified atom stereocenters. The number of nitrogens with one attached hydrogen (secondary N) is 2. The summed E-state index contributed by atoms with van der Waals surface area (Å²) >= 11 is 7.83. The van der Waals surface area contributed by atoms with Crippen molar-refractivity contribution in [2.45, 2.75) is 31.4 Å². The van der Waals surface area contributed by atoms with E-state index >= 15 is 0 Å². The molecule has 0 atom stereocenters. The lowest BCUT2D eigenvalue weighted by Gasteiger charge is -2.29. The summed E-state index contributed by atoms with van der Waals surface area (Å²) in [6, 6.07) is 3.42. The van der Waals surface area contributed by atoms with Crippen LogP contribution < -0.4 is 10.6 Å². The highest BCUT2D eigenvalue weighted by atomic mass is 35.5. The van der Waals surface area contributed by atoms with Crippen molar-refractivity contribution in [3.63, 3.8) is 0 Å². The second kappa shape index (κ2) is 7.74. The molecule has 2 N–H and O–H groups in total. The summed E-state index contributed by atoms with van der Waals surface area (Å²) in [6.07, 6.45) is 4.08. The van der Waals surface area contributed by atoms with Crippen LogP contribution in [0.25, 0.3) is 0 Å². The van der Waals surface area contributed by atoms with Gasteiger partial charge in [-0.25, -0.2) is 4.98 Å². The van der Waals surface area contributed by atoms with E-state index in [9.17, 15) is 4.79 Å². The summed E-state index contributed by atoms with van der Waals surface area (Å²) in [5, 5.41) is 6.22. The van der Waals surface area contributed by atoms with E-state index in [0.29, 0.717) is 17.4 Å². The number of carbonyl (C=O) groups is 1. The highest BCUT2D eigenvalue weighted by molar-refractivity contribution is 8.00. The molecule has 0 radical (unpaired) electrons. The largest absolute Gasteiger partial charge is 0.373 e. The number of pyridine rings is 1. The lowest BCUT2D eigenvalue weighted by Crippen LogP contribution is -2.40. The Morgan fingerprint density at radius 1 is 1.40 bits per heavy atom. The fourth-order valence-corrected chi connectivity index (χ4v) is 2.91. The zero-order valence-electron chi connectivity index (χ0n) is 12.4. The first-order chi connectivity index (χ1) is 9.51. The highest BCUT2D eigenvalue weighted by Crippen LogP contribution is 2.29. The minimum atomic E-state index is -0.229. The topological polar surface area (TPSA) is 54.0 Å². The van der Waals surface area contributed by atoms with Gasteiger partial charge < -0.3 is 10.6 Å². The maximum Gasteiger partial charge on any atom is 0.271 e. The smallest absolute Gasteiger partial charge is 0.271 e. The molecule has 1 amide bonds. The molecule has 0 spiro atoms. The van der Waals surface area contributed by atoms with Crippen molar-refractivity contribution in [1.29, 1.82) is 0 Å². The number of nitrogens with zero attached hydrogens (tertiary/aromatic N) is 1. The summed E-state index contributed by atoms with van der Waals surface area (Å²) in [7, 11) is 1.75. The Kier molecular flexibility index (Phi) is 6.62. The third-order valence-electron chi connectivity index (χ3n) is 3.61. The van der Waals surface area contributed by atoms with Gasteiger partial charge in [-0.15, -0.1) is 0 Å². The maximum absolute atomic E-state index is 12.2. The lowest BCUT2D eigenvalue weighted by atomic mass is 10.0. The molecule has 112 valence electrons. The van der Waals surface area contributed by atoms with E-state index in [1.165, 1.54) is 0 Å². The number of hydrogen-bond acceptors (Lipinski definition) is 4. The Bertz CT molecular complexity index is 455. The van der Waals surface area contributed by atoms with Gasteiger partial charge in [0.25, 0.3) is 5.91 Å². The van der Waals surface area contributed by atoms with Gasteiger partial charge in [0, 0.05) is 18.3 Å². The average molecular weight is 316 g/mol. The van der Waals surface area contributed by atoms with Crippen LogP contribution in [0.5, 0.6) is 0 Å². The predicted octanol–water partition coefficient (Wildman–Crippen LogP) is 3.43. The molecule has 1 rings (SSSR count). The highest BCUT2D eigenvalue weighted by Gasteiger charge is 2.26. The Labute approximate surface area is 130 Å². The lowest BCUT2D eigenvalue weighted by molar-refractivity contribution is 0.0944. The number of hydrogen-bond donors (Lipinski definition) is 2. The number of carbonyl (C=O) groups excluding carboxylic acids is 1. The number of amides is 1. The van der Waals surface area contributed by atoms with Crippen LogP contribution in [0.3, 0.4) is 0 Å². The van der Waals surface area contributed by atoms with Crippen molar-refractivity contribution >= 4 is 35.1 Å². The van der Waals surface area contributed by atoms with Gasteiger partial charge in [0.15, 0.2) is 0 Å². The monoisotopic (exact) mass is 315 g/mol. The van der Waals surface area contributed by atoms with Crippen LogP contribution in [0.2, 0.25) is 5.02 Å². The van der Waals surface area contributed by atoms with Crippen molar-refractivity contribution in [2.75, 3.05) is 25.2 Å². The van der Waals surface area contributed by atoms with Crippen LogP contribution in [-0.2, 0) is 0 Å². The van der Waals surface area contributed by atoms with Crippen molar-refractivity contribution in [3.05, 3.63) is 22.8 Å². The first kappa shape index (κ1) is 17.1. The Morgan fingerprint density at radius 2 is 2.05 bits per heavy atom. The zero-order valence-corrected chi connectivity index (χ0v) is 14.0. The van der Waals surface area contributed by atoms with Crippen molar-refractivity contribution in [3.8, 4) is 0 Å². The van der Waals surface area contributed by atoms with Crippen molar-refractivity contribution in [1.82, 2.24) is 10.3 Å². The molecule has 0 saturated heterocycles. The molecule has 20 heavy (non-hydrogen) atoms. The minimum absolute atomic E-state index is 0.0722. The number of thioether (sulfide) groups is 1. The SMILES string of the molecule is CCC(CC)(CNC(=O)c1nc(NC)ccc1Cl)SC. The van der Waals surface area contributed by atoms with E-state index in [-0.39, 0.29) is 16.3 Å². The number of halogens is 1. The summed E-state index contributed by atoms with van der Waals surface area (Å²) in [6.45, 7) is 4.89. The van der Waals surface area contributed by atoms with Crippen LogP contribution in [0, 0.1) is 0 Å².